The number of rotatable bonds is 5. The molecular formula is C29H29Cl3N2O3. The largest absolute Gasteiger partial charge is 0.497 e. The number of ether oxygens (including phenoxy) is 3. The van der Waals surface area contributed by atoms with Gasteiger partial charge in [-0.1, -0.05) is 23.2 Å². The Balaban J connectivity index is 0.000000195. The van der Waals surface area contributed by atoms with Crippen molar-refractivity contribution in [3.05, 3.63) is 95.3 Å². The molecule has 0 N–H and O–H groups in total. The average Bonchev–Trinajstić information content (AvgIpc) is 2.88. The fraction of sp³-hybridized carbons (Fsp3) is 0.241. The lowest BCUT2D eigenvalue weighted by atomic mass is 10.0. The van der Waals surface area contributed by atoms with Crippen LogP contribution in [0.5, 0.6) is 17.2 Å². The van der Waals surface area contributed by atoms with E-state index in [1.165, 1.54) is 4.42 Å². The van der Waals surface area contributed by atoms with Crippen LogP contribution < -0.4 is 19.1 Å². The van der Waals surface area contributed by atoms with E-state index in [1.807, 2.05) is 80.7 Å². The van der Waals surface area contributed by atoms with Gasteiger partial charge in [-0.05, 0) is 96.8 Å². The Hall–Kier alpha value is -2.99. The second-order valence-corrected chi connectivity index (χ2v) is 10.1. The van der Waals surface area contributed by atoms with E-state index in [-0.39, 0.29) is 6.10 Å². The Bertz CT molecular complexity index is 1310. The molecule has 5 rings (SSSR count). The van der Waals surface area contributed by atoms with Crippen LogP contribution in [0, 0.1) is 0 Å². The van der Waals surface area contributed by atoms with Gasteiger partial charge < -0.3 is 19.1 Å². The minimum absolute atomic E-state index is 0.171. The number of methoxy groups -OCH3 is 2. The maximum atomic E-state index is 6.44. The molecular weight excluding hydrogens is 531 g/mol. The van der Waals surface area contributed by atoms with Crippen LogP contribution in [-0.2, 0) is 13.1 Å². The van der Waals surface area contributed by atoms with Gasteiger partial charge in [-0.3, -0.25) is 4.42 Å². The number of hydrogen-bond donors (Lipinski definition) is 0. The molecule has 0 amide bonds. The molecule has 3 aromatic rings. The van der Waals surface area contributed by atoms with Gasteiger partial charge in [-0.25, -0.2) is 0 Å². The number of halogens is 3. The summed E-state index contributed by atoms with van der Waals surface area (Å²) >= 11 is 18.3. The molecule has 0 bridgehead atoms. The monoisotopic (exact) mass is 558 g/mol. The van der Waals surface area contributed by atoms with E-state index < -0.39 is 0 Å². The molecule has 0 spiro atoms. The van der Waals surface area contributed by atoms with Gasteiger partial charge >= 0.3 is 0 Å². The zero-order valence-electron chi connectivity index (χ0n) is 21.2. The van der Waals surface area contributed by atoms with Gasteiger partial charge in [-0.15, -0.1) is 0 Å². The van der Waals surface area contributed by atoms with Crippen molar-refractivity contribution >= 4 is 50.7 Å². The number of benzene rings is 3. The zero-order chi connectivity index (χ0) is 26.5. The molecule has 2 heterocycles. The molecule has 0 saturated heterocycles. The van der Waals surface area contributed by atoms with E-state index in [2.05, 4.69) is 4.90 Å². The van der Waals surface area contributed by atoms with Gasteiger partial charge in [0.25, 0.3) is 0 Å². The number of hydrogen-bond acceptors (Lipinski definition) is 5. The van der Waals surface area contributed by atoms with Crippen molar-refractivity contribution in [2.45, 2.75) is 33.0 Å². The van der Waals surface area contributed by atoms with E-state index >= 15 is 0 Å². The fourth-order valence-electron chi connectivity index (χ4n) is 4.11. The highest BCUT2D eigenvalue weighted by Crippen LogP contribution is 2.35. The van der Waals surface area contributed by atoms with Gasteiger partial charge in [0.05, 0.1) is 36.9 Å². The number of nitrogens with zero attached hydrogens (tertiary/aromatic N) is 2. The van der Waals surface area contributed by atoms with Crippen molar-refractivity contribution in [3.63, 3.8) is 0 Å². The molecule has 0 atom stereocenters. The van der Waals surface area contributed by atoms with E-state index in [9.17, 15) is 0 Å². The summed E-state index contributed by atoms with van der Waals surface area (Å²) in [4.78, 5) is 2.13. The first kappa shape index (κ1) is 27.1. The summed E-state index contributed by atoms with van der Waals surface area (Å²) in [5, 5.41) is 1.39. The van der Waals surface area contributed by atoms with Crippen LogP contribution in [0.25, 0.3) is 10.1 Å². The Morgan fingerprint density at radius 2 is 1.22 bits per heavy atom. The van der Waals surface area contributed by atoms with Gasteiger partial charge in [0, 0.05) is 36.4 Å². The Labute approximate surface area is 233 Å². The molecule has 3 aromatic carbocycles. The molecule has 0 saturated carbocycles. The zero-order valence-corrected chi connectivity index (χ0v) is 23.4. The molecule has 0 radical (unpaired) electrons. The smallest absolute Gasteiger partial charge is 0.119 e. The summed E-state index contributed by atoms with van der Waals surface area (Å²) in [7, 11) is 3.31. The Morgan fingerprint density at radius 3 is 1.76 bits per heavy atom. The van der Waals surface area contributed by atoms with Crippen molar-refractivity contribution in [1.29, 1.82) is 0 Å². The normalized spacial score (nSPS) is 14.1. The Kier molecular flexibility index (Phi) is 8.80. The maximum Gasteiger partial charge on any atom is 0.119 e. The molecule has 194 valence electrons. The summed E-state index contributed by atoms with van der Waals surface area (Å²) in [5.74, 6) is 2.54. The topological polar surface area (TPSA) is 34.2 Å². The Morgan fingerprint density at radius 1 is 0.703 bits per heavy atom. The lowest BCUT2D eigenvalue weighted by molar-refractivity contribution is 0.242. The summed E-state index contributed by atoms with van der Waals surface area (Å²) < 4.78 is 17.7. The van der Waals surface area contributed by atoms with Crippen molar-refractivity contribution in [2.75, 3.05) is 19.1 Å². The maximum absolute atomic E-state index is 6.44. The lowest BCUT2D eigenvalue weighted by Crippen LogP contribution is -2.20. The first-order valence-corrected chi connectivity index (χ1v) is 12.9. The SMILES string of the molecule is COc1ccc2c(c1)CN(Cl)C=C2Cl.COc1ccc2c(c1)CN(c1ccc(OC(C)C)cc1)C=C2Cl. The van der Waals surface area contributed by atoms with Crippen LogP contribution >= 0.6 is 35.0 Å². The lowest BCUT2D eigenvalue weighted by Gasteiger charge is -2.27. The minimum Gasteiger partial charge on any atom is -0.497 e. The second kappa shape index (κ2) is 12.0. The molecule has 5 nitrogen and oxygen atoms in total. The molecule has 2 aliphatic heterocycles. The van der Waals surface area contributed by atoms with Crippen LogP contribution in [0.4, 0.5) is 5.69 Å². The van der Waals surface area contributed by atoms with E-state index in [0.717, 1.165) is 56.8 Å². The quantitative estimate of drug-likeness (QED) is 0.294. The molecule has 0 unspecified atom stereocenters. The van der Waals surface area contributed by atoms with Gasteiger partial charge in [0.15, 0.2) is 0 Å². The predicted octanol–water partition coefficient (Wildman–Crippen LogP) is 8.24. The summed E-state index contributed by atoms with van der Waals surface area (Å²) in [6.45, 7) is 5.44. The van der Waals surface area contributed by atoms with Gasteiger partial charge in [-0.2, -0.15) is 0 Å². The second-order valence-electron chi connectivity index (χ2n) is 8.85. The van der Waals surface area contributed by atoms with Crippen LogP contribution in [0.2, 0.25) is 0 Å². The third-order valence-electron chi connectivity index (χ3n) is 5.86. The highest BCUT2D eigenvalue weighted by atomic mass is 35.5. The molecule has 37 heavy (non-hydrogen) atoms. The summed E-state index contributed by atoms with van der Waals surface area (Å²) in [6.07, 6.45) is 3.84. The predicted molar refractivity (Wildman–Crippen MR) is 153 cm³/mol. The first-order chi connectivity index (χ1) is 17.8. The summed E-state index contributed by atoms with van der Waals surface area (Å²) in [5.41, 5.74) is 5.38. The van der Waals surface area contributed by atoms with Crippen LogP contribution in [0.15, 0.2) is 73.1 Å². The van der Waals surface area contributed by atoms with Crippen LogP contribution in [0.3, 0.4) is 0 Å². The number of anilines is 1. The highest BCUT2D eigenvalue weighted by molar-refractivity contribution is 6.49. The standard InChI is InChI=1S/C19H20ClNO2.C10H9Cl2NO/c1-13(2)23-16-6-4-15(5-7-16)21-11-14-10-17(22-3)8-9-18(14)19(20)12-21;1-14-8-2-3-9-7(4-8)5-13(12)6-10(9)11/h4-10,12-13H,11H2,1-3H3;2-4,6H,5H2,1H3. The van der Waals surface area contributed by atoms with Crippen LogP contribution in [-0.4, -0.2) is 24.7 Å². The van der Waals surface area contributed by atoms with Crippen molar-refractivity contribution in [1.82, 2.24) is 4.42 Å². The highest BCUT2D eigenvalue weighted by Gasteiger charge is 2.18. The molecule has 2 aliphatic rings. The third-order valence-corrected chi connectivity index (χ3v) is 6.68. The van der Waals surface area contributed by atoms with E-state index in [1.54, 1.807) is 20.4 Å². The van der Waals surface area contributed by atoms with Gasteiger partial charge in [0.1, 0.15) is 17.2 Å². The average molecular weight is 560 g/mol. The fourth-order valence-corrected chi connectivity index (χ4v) is 4.99. The van der Waals surface area contributed by atoms with Crippen molar-refractivity contribution in [2.24, 2.45) is 0 Å². The van der Waals surface area contributed by atoms with E-state index in [0.29, 0.717) is 11.6 Å². The molecule has 0 fully saturated rings. The van der Waals surface area contributed by atoms with E-state index in [4.69, 9.17) is 49.2 Å². The van der Waals surface area contributed by atoms with Crippen molar-refractivity contribution < 1.29 is 14.2 Å². The van der Waals surface area contributed by atoms with Gasteiger partial charge in [0.2, 0.25) is 0 Å². The molecule has 8 heteroatoms. The molecule has 0 aliphatic carbocycles. The number of fused-ring (bicyclic) bond motifs is 2. The third kappa shape index (κ3) is 6.67. The van der Waals surface area contributed by atoms with Crippen LogP contribution in [0.1, 0.15) is 36.1 Å². The minimum atomic E-state index is 0.171. The summed E-state index contributed by atoms with van der Waals surface area (Å²) in [6, 6.07) is 19.8. The molecule has 0 aromatic heterocycles. The van der Waals surface area contributed by atoms with Crippen molar-refractivity contribution in [3.8, 4) is 17.2 Å². The first-order valence-electron chi connectivity index (χ1n) is 11.8.